The number of carbonyl (C=O) groups is 2. The zero-order valence-electron chi connectivity index (χ0n) is 8.29. The van der Waals surface area contributed by atoms with Crippen molar-refractivity contribution in [1.82, 2.24) is 5.32 Å². The van der Waals surface area contributed by atoms with E-state index in [0.717, 1.165) is 5.56 Å². The first-order valence-corrected chi connectivity index (χ1v) is 4.47. The van der Waals surface area contributed by atoms with Gasteiger partial charge in [0.25, 0.3) is 0 Å². The Morgan fingerprint density at radius 3 is 2.50 bits per heavy atom. The van der Waals surface area contributed by atoms with Gasteiger partial charge in [0.05, 0.1) is 0 Å². The number of alkyl carbamates (subject to hydrolysis) is 1. The Hall–Kier alpha value is -2.08. The summed E-state index contributed by atoms with van der Waals surface area (Å²) >= 11 is 0. The van der Waals surface area contributed by atoms with Gasteiger partial charge in [0.15, 0.2) is 0 Å². The highest BCUT2D eigenvalue weighted by Gasteiger charge is 2.16. The van der Waals surface area contributed by atoms with Crippen LogP contribution in [0.15, 0.2) is 30.3 Å². The topological polar surface area (TPSA) is 95.9 Å². The lowest BCUT2D eigenvalue weighted by Crippen LogP contribution is -2.40. The number of carbonyl (C=O) groups excluding carboxylic acids is 1. The van der Waals surface area contributed by atoms with Gasteiger partial charge in [-0.1, -0.05) is 30.3 Å². The van der Waals surface area contributed by atoms with Gasteiger partial charge in [0, 0.05) is 0 Å². The van der Waals surface area contributed by atoms with Crippen LogP contribution >= 0.6 is 0 Å². The molecule has 0 radical (unpaired) electrons. The summed E-state index contributed by atoms with van der Waals surface area (Å²) in [6.45, 7) is 0.0129. The Kier molecular flexibility index (Phi) is 4.28. The Bertz CT molecular complexity index is 365. The van der Waals surface area contributed by atoms with Gasteiger partial charge in [-0.05, 0) is 5.56 Å². The van der Waals surface area contributed by atoms with Gasteiger partial charge in [-0.25, -0.2) is 9.59 Å². The molecule has 0 aliphatic heterocycles. The highest BCUT2D eigenvalue weighted by atomic mass is 16.6. The predicted molar refractivity (Wildman–Crippen MR) is 53.4 cm³/mol. The first-order chi connectivity index (χ1) is 7.59. The number of carboxylic acids is 1. The zero-order chi connectivity index (χ0) is 12.0. The molecule has 1 unspecified atom stereocenters. The van der Waals surface area contributed by atoms with Crippen molar-refractivity contribution in [2.24, 2.45) is 0 Å². The molecule has 0 aliphatic rings. The first-order valence-electron chi connectivity index (χ1n) is 4.47. The quantitative estimate of drug-likeness (QED) is 0.641. The molecular weight excluding hydrogens is 214 g/mol. The lowest BCUT2D eigenvalue weighted by atomic mass is 10.2. The molecule has 0 aliphatic carbocycles. The number of nitrogens with one attached hydrogen (secondary N) is 1. The van der Waals surface area contributed by atoms with Crippen LogP contribution in [0.3, 0.4) is 0 Å². The summed E-state index contributed by atoms with van der Waals surface area (Å²) < 4.78 is 4.68. The number of aliphatic hydroxyl groups is 1. The van der Waals surface area contributed by atoms with Crippen molar-refractivity contribution >= 4 is 12.1 Å². The van der Waals surface area contributed by atoms with Gasteiger partial charge in [-0.15, -0.1) is 0 Å². The maximum atomic E-state index is 11.0. The third-order valence-corrected chi connectivity index (χ3v) is 1.70. The minimum atomic E-state index is -1.96. The van der Waals surface area contributed by atoms with Crippen LogP contribution in [0, 0.1) is 0 Å². The number of rotatable bonds is 4. The van der Waals surface area contributed by atoms with Crippen LogP contribution in [-0.4, -0.2) is 28.5 Å². The molecule has 1 amide bonds. The number of aliphatic carboxylic acids is 1. The first kappa shape index (κ1) is 12.0. The van der Waals surface area contributed by atoms with Crippen molar-refractivity contribution in [1.29, 1.82) is 0 Å². The van der Waals surface area contributed by atoms with Crippen LogP contribution in [0.25, 0.3) is 0 Å². The van der Waals surface area contributed by atoms with Crippen LogP contribution < -0.4 is 5.32 Å². The summed E-state index contributed by atoms with van der Waals surface area (Å²) in [5.41, 5.74) is 0.766. The van der Waals surface area contributed by atoms with E-state index in [1.807, 2.05) is 6.07 Å². The van der Waals surface area contributed by atoms with E-state index in [-0.39, 0.29) is 6.61 Å². The normalized spacial score (nSPS) is 11.6. The van der Waals surface area contributed by atoms with E-state index in [1.54, 1.807) is 29.6 Å². The lowest BCUT2D eigenvalue weighted by molar-refractivity contribution is -0.148. The Balaban J connectivity index is 2.33. The summed E-state index contributed by atoms with van der Waals surface area (Å²) in [6.07, 6.45) is -2.94. The SMILES string of the molecule is O=C(NC(O)C(=O)O)OCc1ccccc1. The van der Waals surface area contributed by atoms with Crippen molar-refractivity contribution in [2.45, 2.75) is 12.8 Å². The summed E-state index contributed by atoms with van der Waals surface area (Å²) in [4.78, 5) is 21.2. The number of aliphatic hydroxyl groups excluding tert-OH is 1. The Labute approximate surface area is 91.5 Å². The standard InChI is InChI=1S/C10H11NO5/c12-8(9(13)14)11-10(15)16-6-7-4-2-1-3-5-7/h1-5,8,12H,6H2,(H,11,15)(H,13,14). The fraction of sp³-hybridized carbons (Fsp3) is 0.200. The van der Waals surface area contributed by atoms with E-state index < -0.39 is 18.3 Å². The molecule has 6 nitrogen and oxygen atoms in total. The summed E-state index contributed by atoms with van der Waals surface area (Å²) in [6, 6.07) is 8.88. The largest absolute Gasteiger partial charge is 0.478 e. The molecule has 0 aromatic heterocycles. The van der Waals surface area contributed by atoms with Crippen molar-refractivity contribution in [3.05, 3.63) is 35.9 Å². The smallest absolute Gasteiger partial charge is 0.409 e. The Morgan fingerprint density at radius 2 is 1.94 bits per heavy atom. The van der Waals surface area contributed by atoms with Gasteiger partial charge in [-0.2, -0.15) is 0 Å². The average Bonchev–Trinajstić information content (AvgIpc) is 2.27. The molecule has 6 heteroatoms. The van der Waals surface area contributed by atoms with Gasteiger partial charge in [0.1, 0.15) is 6.61 Å². The van der Waals surface area contributed by atoms with Gasteiger partial charge < -0.3 is 14.9 Å². The summed E-state index contributed by atoms with van der Waals surface area (Å²) in [5.74, 6) is -1.54. The molecule has 86 valence electrons. The van der Waals surface area contributed by atoms with Crippen molar-refractivity contribution in [3.63, 3.8) is 0 Å². The molecule has 0 spiro atoms. The van der Waals surface area contributed by atoms with E-state index in [2.05, 4.69) is 4.74 Å². The molecule has 1 aromatic rings. The molecule has 0 fully saturated rings. The zero-order valence-corrected chi connectivity index (χ0v) is 8.29. The number of carboxylic acid groups (broad SMARTS) is 1. The number of amides is 1. The fourth-order valence-electron chi connectivity index (χ4n) is 0.938. The molecule has 1 rings (SSSR count). The van der Waals surface area contributed by atoms with E-state index >= 15 is 0 Å². The molecule has 0 heterocycles. The van der Waals surface area contributed by atoms with Crippen molar-refractivity contribution in [2.75, 3.05) is 0 Å². The number of benzene rings is 1. The van der Waals surface area contributed by atoms with Gasteiger partial charge >= 0.3 is 12.1 Å². The maximum absolute atomic E-state index is 11.0. The minimum Gasteiger partial charge on any atom is -0.478 e. The van der Waals surface area contributed by atoms with Crippen LogP contribution in [0.2, 0.25) is 0 Å². The van der Waals surface area contributed by atoms with E-state index in [0.29, 0.717) is 0 Å². The second-order valence-electron chi connectivity index (χ2n) is 2.95. The Morgan fingerprint density at radius 1 is 1.31 bits per heavy atom. The molecular formula is C10H11NO5. The van der Waals surface area contributed by atoms with Crippen molar-refractivity contribution in [3.8, 4) is 0 Å². The highest BCUT2D eigenvalue weighted by molar-refractivity contribution is 5.78. The van der Waals surface area contributed by atoms with Crippen LogP contribution in [0.5, 0.6) is 0 Å². The number of hydrogen-bond donors (Lipinski definition) is 3. The second kappa shape index (κ2) is 5.72. The van der Waals surface area contributed by atoms with E-state index in [1.165, 1.54) is 0 Å². The van der Waals surface area contributed by atoms with Crippen molar-refractivity contribution < 1.29 is 24.5 Å². The van der Waals surface area contributed by atoms with Crippen LogP contribution in [0.4, 0.5) is 4.79 Å². The number of hydrogen-bond acceptors (Lipinski definition) is 4. The molecule has 0 saturated heterocycles. The third kappa shape index (κ3) is 3.97. The second-order valence-corrected chi connectivity index (χ2v) is 2.95. The minimum absolute atomic E-state index is 0.0129. The molecule has 16 heavy (non-hydrogen) atoms. The molecule has 0 bridgehead atoms. The molecule has 0 saturated carbocycles. The maximum Gasteiger partial charge on any atom is 0.409 e. The third-order valence-electron chi connectivity index (χ3n) is 1.70. The fourth-order valence-corrected chi connectivity index (χ4v) is 0.938. The van der Waals surface area contributed by atoms with Crippen LogP contribution in [0.1, 0.15) is 5.56 Å². The molecule has 1 atom stereocenters. The van der Waals surface area contributed by atoms with E-state index in [9.17, 15) is 9.59 Å². The predicted octanol–water partition coefficient (Wildman–Crippen LogP) is 0.316. The highest BCUT2D eigenvalue weighted by Crippen LogP contribution is 2.00. The summed E-state index contributed by atoms with van der Waals surface area (Å²) in [5, 5.41) is 18.8. The van der Waals surface area contributed by atoms with Crippen LogP contribution in [-0.2, 0) is 16.1 Å². The monoisotopic (exact) mass is 225 g/mol. The number of ether oxygens (including phenoxy) is 1. The molecule has 3 N–H and O–H groups in total. The average molecular weight is 225 g/mol. The van der Waals surface area contributed by atoms with E-state index in [4.69, 9.17) is 10.2 Å². The molecule has 1 aromatic carbocycles. The van der Waals surface area contributed by atoms with Gasteiger partial charge in [0.2, 0.25) is 6.23 Å². The van der Waals surface area contributed by atoms with Gasteiger partial charge in [-0.3, -0.25) is 5.32 Å². The summed E-state index contributed by atoms with van der Waals surface area (Å²) in [7, 11) is 0. The lowest BCUT2D eigenvalue weighted by Gasteiger charge is -2.08.